The Bertz CT molecular complexity index is 491. The molecule has 0 saturated heterocycles. The van der Waals surface area contributed by atoms with E-state index in [4.69, 9.17) is 10.8 Å². The largest absolute Gasteiger partial charge is 0.480 e. The van der Waals surface area contributed by atoms with Crippen molar-refractivity contribution in [3.63, 3.8) is 0 Å². The molecule has 0 radical (unpaired) electrons. The molecule has 0 aliphatic heterocycles. The van der Waals surface area contributed by atoms with E-state index in [0.29, 0.717) is 6.42 Å². The quantitative estimate of drug-likeness (QED) is 0.403. The molecule has 5 nitrogen and oxygen atoms in total. The van der Waals surface area contributed by atoms with Crippen molar-refractivity contribution < 1.29 is 14.7 Å². The summed E-state index contributed by atoms with van der Waals surface area (Å²) in [6.07, 6.45) is 6.33. The molecule has 0 aliphatic carbocycles. The number of hydrogen-bond acceptors (Lipinski definition) is 3. The minimum atomic E-state index is -1.02. The van der Waals surface area contributed by atoms with Gasteiger partial charge in [0.05, 0.1) is 0 Å². The van der Waals surface area contributed by atoms with Crippen molar-refractivity contribution in [2.24, 2.45) is 5.73 Å². The Morgan fingerprint density at radius 1 is 1.09 bits per heavy atom. The average molecular weight is 385 g/mol. The number of rotatable bonds is 11. The molecular weight excluding hydrogens is 360 g/mol. The molecule has 1 atom stereocenters. The molecule has 1 amide bonds. The van der Waals surface area contributed by atoms with Gasteiger partial charge in [0.25, 0.3) is 0 Å². The topological polar surface area (TPSA) is 92.4 Å². The van der Waals surface area contributed by atoms with Crippen molar-refractivity contribution >= 4 is 33.5 Å². The molecule has 0 unspecified atom stereocenters. The van der Waals surface area contributed by atoms with Gasteiger partial charge in [0.2, 0.25) is 5.91 Å². The summed E-state index contributed by atoms with van der Waals surface area (Å²) in [5.74, 6) is -1.00. The summed E-state index contributed by atoms with van der Waals surface area (Å²) in [4.78, 5) is 22.6. The molecule has 1 aromatic carbocycles. The SMILES string of the molecule is N[C@@H](Cc1ccc(NC(=O)CCCCCCCBr)cc1)C(=O)O. The number of hydrogen-bond donors (Lipinski definition) is 3. The first kappa shape index (κ1) is 19.6. The zero-order chi connectivity index (χ0) is 17.1. The summed E-state index contributed by atoms with van der Waals surface area (Å²) in [5.41, 5.74) is 7.06. The second kappa shape index (κ2) is 11.2. The van der Waals surface area contributed by atoms with Gasteiger partial charge in [-0.15, -0.1) is 0 Å². The van der Waals surface area contributed by atoms with Crippen LogP contribution in [0.2, 0.25) is 0 Å². The van der Waals surface area contributed by atoms with Gasteiger partial charge in [-0.25, -0.2) is 0 Å². The fraction of sp³-hybridized carbons (Fsp3) is 0.529. The van der Waals surface area contributed by atoms with E-state index in [0.717, 1.165) is 35.8 Å². The molecule has 0 bridgehead atoms. The van der Waals surface area contributed by atoms with Gasteiger partial charge in [0.15, 0.2) is 0 Å². The molecule has 6 heteroatoms. The summed E-state index contributed by atoms with van der Waals surface area (Å²) < 4.78 is 0. The standard InChI is InChI=1S/C17H25BrN2O3/c18-11-5-3-1-2-4-6-16(21)20-14-9-7-13(8-10-14)12-15(19)17(22)23/h7-10,15H,1-6,11-12,19H2,(H,20,21)(H,22,23)/t15-/m0/s1. The van der Waals surface area contributed by atoms with Crippen LogP contribution in [0, 0.1) is 0 Å². The lowest BCUT2D eigenvalue weighted by molar-refractivity contribution is -0.138. The number of halogens is 1. The lowest BCUT2D eigenvalue weighted by Gasteiger charge is -2.08. The Hall–Kier alpha value is -1.40. The number of nitrogens with one attached hydrogen (secondary N) is 1. The van der Waals surface area contributed by atoms with E-state index in [1.807, 2.05) is 0 Å². The van der Waals surface area contributed by atoms with Crippen LogP contribution in [0.3, 0.4) is 0 Å². The van der Waals surface area contributed by atoms with Crippen LogP contribution < -0.4 is 11.1 Å². The minimum Gasteiger partial charge on any atom is -0.480 e. The number of anilines is 1. The number of amides is 1. The maximum Gasteiger partial charge on any atom is 0.320 e. The van der Waals surface area contributed by atoms with Gasteiger partial charge in [-0.1, -0.05) is 47.3 Å². The minimum absolute atomic E-state index is 0.0143. The second-order valence-corrected chi connectivity index (χ2v) is 6.39. The smallest absolute Gasteiger partial charge is 0.320 e. The van der Waals surface area contributed by atoms with Gasteiger partial charge in [0, 0.05) is 17.4 Å². The van der Waals surface area contributed by atoms with Crippen LogP contribution in [0.4, 0.5) is 5.69 Å². The maximum absolute atomic E-state index is 11.8. The highest BCUT2D eigenvalue weighted by Gasteiger charge is 2.12. The number of carboxylic acid groups (broad SMARTS) is 1. The Morgan fingerprint density at radius 2 is 1.70 bits per heavy atom. The predicted molar refractivity (Wildman–Crippen MR) is 95.9 cm³/mol. The van der Waals surface area contributed by atoms with Gasteiger partial charge >= 0.3 is 5.97 Å². The van der Waals surface area contributed by atoms with Crippen molar-refractivity contribution in [2.75, 3.05) is 10.6 Å². The van der Waals surface area contributed by atoms with Gasteiger partial charge in [0.1, 0.15) is 6.04 Å². The Labute approximate surface area is 145 Å². The number of nitrogens with two attached hydrogens (primary N) is 1. The molecule has 0 heterocycles. The van der Waals surface area contributed by atoms with Gasteiger partial charge < -0.3 is 16.2 Å². The van der Waals surface area contributed by atoms with Crippen LogP contribution in [0.1, 0.15) is 44.1 Å². The first-order valence-corrected chi connectivity index (χ1v) is 9.08. The molecule has 0 aliphatic rings. The molecule has 1 aromatic rings. The number of aliphatic carboxylic acids is 1. The third kappa shape index (κ3) is 8.71. The summed E-state index contributed by atoms with van der Waals surface area (Å²) in [6.45, 7) is 0. The highest BCUT2D eigenvalue weighted by atomic mass is 79.9. The van der Waals surface area contributed by atoms with Crippen molar-refractivity contribution in [1.82, 2.24) is 0 Å². The van der Waals surface area contributed by atoms with E-state index in [2.05, 4.69) is 21.2 Å². The zero-order valence-corrected chi connectivity index (χ0v) is 14.8. The van der Waals surface area contributed by atoms with Gasteiger partial charge in [-0.2, -0.15) is 0 Å². The van der Waals surface area contributed by atoms with Gasteiger partial charge in [-0.05, 0) is 37.0 Å². The Balaban J connectivity index is 2.28. The number of unbranched alkanes of at least 4 members (excludes halogenated alkanes) is 4. The van der Waals surface area contributed by atoms with Crippen molar-refractivity contribution in [3.05, 3.63) is 29.8 Å². The Morgan fingerprint density at radius 3 is 2.30 bits per heavy atom. The number of alkyl halides is 1. The summed E-state index contributed by atoms with van der Waals surface area (Å²) >= 11 is 3.40. The van der Waals surface area contributed by atoms with E-state index in [1.165, 1.54) is 12.8 Å². The molecule has 23 heavy (non-hydrogen) atoms. The molecule has 1 rings (SSSR count). The number of carboxylic acids is 1. The van der Waals surface area contributed by atoms with Crippen LogP contribution in [0.25, 0.3) is 0 Å². The Kier molecular flexibility index (Phi) is 9.55. The monoisotopic (exact) mass is 384 g/mol. The molecule has 0 aromatic heterocycles. The predicted octanol–water partition coefficient (Wildman–Crippen LogP) is 3.32. The summed E-state index contributed by atoms with van der Waals surface area (Å²) in [5, 5.41) is 12.7. The highest BCUT2D eigenvalue weighted by Crippen LogP contribution is 2.12. The maximum atomic E-state index is 11.8. The number of benzene rings is 1. The van der Waals surface area contributed by atoms with Crippen molar-refractivity contribution in [1.29, 1.82) is 0 Å². The summed E-state index contributed by atoms with van der Waals surface area (Å²) in [6, 6.07) is 6.23. The van der Waals surface area contributed by atoms with E-state index in [-0.39, 0.29) is 12.3 Å². The fourth-order valence-electron chi connectivity index (χ4n) is 2.20. The van der Waals surface area contributed by atoms with E-state index in [9.17, 15) is 9.59 Å². The lowest BCUT2D eigenvalue weighted by Crippen LogP contribution is -2.32. The third-order valence-corrected chi connectivity index (χ3v) is 4.11. The molecule has 4 N–H and O–H groups in total. The molecule has 0 spiro atoms. The van der Waals surface area contributed by atoms with E-state index in [1.54, 1.807) is 24.3 Å². The molecule has 0 fully saturated rings. The lowest BCUT2D eigenvalue weighted by atomic mass is 10.1. The normalized spacial score (nSPS) is 11.9. The molecule has 128 valence electrons. The van der Waals surface area contributed by atoms with Crippen molar-refractivity contribution in [2.45, 2.75) is 51.0 Å². The number of carbonyl (C=O) groups excluding carboxylic acids is 1. The number of carbonyl (C=O) groups is 2. The van der Waals surface area contributed by atoms with Crippen LogP contribution in [0.5, 0.6) is 0 Å². The van der Waals surface area contributed by atoms with E-state index < -0.39 is 12.0 Å². The molecule has 0 saturated carbocycles. The fourth-order valence-corrected chi connectivity index (χ4v) is 2.60. The summed E-state index contributed by atoms with van der Waals surface area (Å²) in [7, 11) is 0. The van der Waals surface area contributed by atoms with Crippen LogP contribution in [-0.4, -0.2) is 28.4 Å². The highest BCUT2D eigenvalue weighted by molar-refractivity contribution is 9.09. The van der Waals surface area contributed by atoms with Gasteiger partial charge in [-0.3, -0.25) is 9.59 Å². The van der Waals surface area contributed by atoms with Crippen molar-refractivity contribution in [3.8, 4) is 0 Å². The first-order chi connectivity index (χ1) is 11.0. The van der Waals surface area contributed by atoms with E-state index >= 15 is 0 Å². The third-order valence-electron chi connectivity index (χ3n) is 3.55. The average Bonchev–Trinajstić information content (AvgIpc) is 2.52. The zero-order valence-electron chi connectivity index (χ0n) is 13.3. The van der Waals surface area contributed by atoms with Crippen LogP contribution in [-0.2, 0) is 16.0 Å². The second-order valence-electron chi connectivity index (χ2n) is 5.60. The van der Waals surface area contributed by atoms with Crippen LogP contribution >= 0.6 is 15.9 Å². The first-order valence-electron chi connectivity index (χ1n) is 7.96. The van der Waals surface area contributed by atoms with Crippen LogP contribution in [0.15, 0.2) is 24.3 Å². The molecular formula is C17H25BrN2O3.